The number of hydrogen-bond donors (Lipinski definition) is 0. The monoisotopic (exact) mass is 494 g/mol. The Balaban J connectivity index is 1.29. The van der Waals surface area contributed by atoms with E-state index in [0.717, 1.165) is 0 Å². The Morgan fingerprint density at radius 3 is 1.39 bits per heavy atom. The lowest BCUT2D eigenvalue weighted by molar-refractivity contribution is -0.385. The standard InChI is InChI=1S/C20H14N8O8/c29-19(35-17-11-25(23-21-17)9-13-1-5-15(6-2-13)27(31)32)20(30)36-18-12-26(24-22-18)10-14-3-7-16(8-4-14)28(33)34/h1-8,11-12H,9-10H2. The quantitative estimate of drug-likeness (QED) is 0.147. The third-order valence-corrected chi connectivity index (χ3v) is 4.58. The molecule has 2 aromatic carbocycles. The van der Waals surface area contributed by atoms with E-state index in [1.54, 1.807) is 0 Å². The number of esters is 2. The van der Waals surface area contributed by atoms with E-state index in [1.807, 2.05) is 0 Å². The second kappa shape index (κ2) is 10.2. The zero-order chi connectivity index (χ0) is 25.7. The van der Waals surface area contributed by atoms with Crippen LogP contribution in [0.3, 0.4) is 0 Å². The Bertz CT molecular complexity index is 1320. The van der Waals surface area contributed by atoms with Crippen molar-refractivity contribution in [2.24, 2.45) is 0 Å². The Morgan fingerprint density at radius 2 is 1.06 bits per heavy atom. The number of benzene rings is 2. The van der Waals surface area contributed by atoms with Crippen molar-refractivity contribution in [1.82, 2.24) is 30.0 Å². The van der Waals surface area contributed by atoms with Crippen LogP contribution >= 0.6 is 0 Å². The van der Waals surface area contributed by atoms with Crippen LogP contribution < -0.4 is 9.47 Å². The second-order valence-electron chi connectivity index (χ2n) is 7.13. The number of nitro benzene ring substituents is 2. The van der Waals surface area contributed by atoms with Crippen LogP contribution in [0.15, 0.2) is 60.9 Å². The molecule has 0 aliphatic heterocycles. The number of nitrogens with zero attached hydrogens (tertiary/aromatic N) is 8. The van der Waals surface area contributed by atoms with Crippen LogP contribution in [-0.4, -0.2) is 51.8 Å². The molecule has 0 amide bonds. The van der Waals surface area contributed by atoms with Gasteiger partial charge in [-0.05, 0) is 11.1 Å². The molecule has 0 N–H and O–H groups in total. The molecular formula is C20H14N8O8. The first kappa shape index (κ1) is 23.6. The van der Waals surface area contributed by atoms with Crippen molar-refractivity contribution in [2.75, 3.05) is 0 Å². The van der Waals surface area contributed by atoms with Gasteiger partial charge in [-0.15, -0.1) is 0 Å². The number of hydrogen-bond acceptors (Lipinski definition) is 12. The van der Waals surface area contributed by atoms with Crippen LogP contribution in [0.1, 0.15) is 11.1 Å². The SMILES string of the molecule is O=C(Oc1cn(Cc2ccc([N+](=O)[O-])cc2)nn1)C(=O)Oc1cn(Cc2ccc([N+](=O)[O-])cc2)nn1. The first-order valence-electron chi connectivity index (χ1n) is 9.98. The van der Waals surface area contributed by atoms with Gasteiger partial charge in [0.25, 0.3) is 23.1 Å². The van der Waals surface area contributed by atoms with E-state index >= 15 is 0 Å². The van der Waals surface area contributed by atoms with E-state index in [2.05, 4.69) is 20.6 Å². The number of rotatable bonds is 8. The zero-order valence-corrected chi connectivity index (χ0v) is 18.0. The highest BCUT2D eigenvalue weighted by Gasteiger charge is 2.22. The van der Waals surface area contributed by atoms with Gasteiger partial charge in [-0.25, -0.2) is 19.0 Å². The maximum absolute atomic E-state index is 12.0. The smallest absolute Gasteiger partial charge is 0.396 e. The maximum Gasteiger partial charge on any atom is 0.424 e. The van der Waals surface area contributed by atoms with Crippen molar-refractivity contribution in [2.45, 2.75) is 13.1 Å². The fraction of sp³-hybridized carbons (Fsp3) is 0.100. The van der Waals surface area contributed by atoms with E-state index < -0.39 is 21.8 Å². The van der Waals surface area contributed by atoms with Gasteiger partial charge in [0.05, 0.1) is 35.3 Å². The minimum absolute atomic E-state index is 0.0585. The lowest BCUT2D eigenvalue weighted by Crippen LogP contribution is -2.25. The van der Waals surface area contributed by atoms with E-state index in [0.29, 0.717) is 11.1 Å². The molecule has 0 aliphatic carbocycles. The Kier molecular flexibility index (Phi) is 6.66. The lowest BCUT2D eigenvalue weighted by atomic mass is 10.2. The first-order valence-corrected chi connectivity index (χ1v) is 9.98. The highest BCUT2D eigenvalue weighted by molar-refractivity contribution is 6.30. The van der Waals surface area contributed by atoms with Gasteiger partial charge in [0, 0.05) is 24.3 Å². The Labute approximate surface area is 200 Å². The fourth-order valence-corrected chi connectivity index (χ4v) is 2.90. The minimum Gasteiger partial charge on any atom is -0.396 e. The predicted molar refractivity (Wildman–Crippen MR) is 116 cm³/mol. The molecule has 182 valence electrons. The normalized spacial score (nSPS) is 10.6. The zero-order valence-electron chi connectivity index (χ0n) is 18.0. The molecule has 0 spiro atoms. The molecular weight excluding hydrogens is 480 g/mol. The Hall–Kier alpha value is -5.54. The maximum atomic E-state index is 12.0. The van der Waals surface area contributed by atoms with Crippen molar-refractivity contribution >= 4 is 23.3 Å². The Morgan fingerprint density at radius 1 is 0.694 bits per heavy atom. The number of carbonyl (C=O) groups excluding carboxylic acids is 2. The first-order chi connectivity index (χ1) is 17.3. The van der Waals surface area contributed by atoms with E-state index in [4.69, 9.17) is 9.47 Å². The van der Waals surface area contributed by atoms with Gasteiger partial charge < -0.3 is 9.47 Å². The van der Waals surface area contributed by atoms with Crippen LogP contribution in [-0.2, 0) is 22.7 Å². The molecule has 2 aromatic heterocycles. The molecule has 2 heterocycles. The number of aromatic nitrogens is 6. The van der Waals surface area contributed by atoms with Crippen molar-refractivity contribution in [3.05, 3.63) is 92.3 Å². The van der Waals surface area contributed by atoms with Gasteiger partial charge in [0.15, 0.2) is 0 Å². The molecule has 0 aliphatic rings. The van der Waals surface area contributed by atoms with Gasteiger partial charge in [0.1, 0.15) is 0 Å². The molecule has 0 saturated heterocycles. The van der Waals surface area contributed by atoms with Gasteiger partial charge in [-0.1, -0.05) is 44.9 Å². The van der Waals surface area contributed by atoms with E-state index in [9.17, 15) is 29.8 Å². The third kappa shape index (κ3) is 5.87. The average Bonchev–Trinajstić information content (AvgIpc) is 3.48. The summed E-state index contributed by atoms with van der Waals surface area (Å²) < 4.78 is 12.3. The predicted octanol–water partition coefficient (Wildman–Crippen LogP) is 1.29. The highest BCUT2D eigenvalue weighted by Crippen LogP contribution is 2.15. The fourth-order valence-electron chi connectivity index (χ4n) is 2.90. The summed E-state index contributed by atoms with van der Waals surface area (Å²) in [4.78, 5) is 44.4. The summed E-state index contributed by atoms with van der Waals surface area (Å²) in [5.41, 5.74) is 1.24. The second-order valence-corrected chi connectivity index (χ2v) is 7.13. The molecule has 0 saturated carbocycles. The van der Waals surface area contributed by atoms with E-state index in [-0.39, 0.29) is 36.2 Å². The molecule has 0 bridgehead atoms. The summed E-state index contributed by atoms with van der Waals surface area (Å²) in [6.45, 7) is 0.371. The summed E-state index contributed by atoms with van der Waals surface area (Å²) in [7, 11) is 0. The summed E-state index contributed by atoms with van der Waals surface area (Å²) in [6, 6.07) is 11.5. The molecule has 16 nitrogen and oxygen atoms in total. The third-order valence-electron chi connectivity index (χ3n) is 4.58. The van der Waals surface area contributed by atoms with E-state index in [1.165, 1.54) is 70.3 Å². The van der Waals surface area contributed by atoms with Gasteiger partial charge in [-0.3, -0.25) is 20.2 Å². The van der Waals surface area contributed by atoms with Crippen LogP contribution in [0.25, 0.3) is 0 Å². The molecule has 0 radical (unpaired) electrons. The van der Waals surface area contributed by atoms with Crippen LogP contribution in [0.5, 0.6) is 11.8 Å². The van der Waals surface area contributed by atoms with Crippen molar-refractivity contribution in [3.8, 4) is 11.8 Å². The number of nitro groups is 2. The molecule has 0 unspecified atom stereocenters. The number of carbonyl (C=O) groups is 2. The average molecular weight is 494 g/mol. The molecule has 36 heavy (non-hydrogen) atoms. The molecule has 16 heteroatoms. The molecule has 4 rings (SSSR count). The van der Waals surface area contributed by atoms with Crippen molar-refractivity contribution < 1.29 is 28.9 Å². The molecule has 0 atom stereocenters. The largest absolute Gasteiger partial charge is 0.424 e. The van der Waals surface area contributed by atoms with Crippen molar-refractivity contribution in [3.63, 3.8) is 0 Å². The minimum atomic E-state index is -1.37. The molecule has 4 aromatic rings. The number of ether oxygens (including phenoxy) is 2. The topological polar surface area (TPSA) is 200 Å². The van der Waals surface area contributed by atoms with Crippen LogP contribution in [0, 0.1) is 20.2 Å². The summed E-state index contributed by atoms with van der Waals surface area (Å²) in [5, 5.41) is 36.2. The summed E-state index contributed by atoms with van der Waals surface area (Å²) >= 11 is 0. The highest BCUT2D eigenvalue weighted by atomic mass is 16.6. The van der Waals surface area contributed by atoms with Crippen molar-refractivity contribution in [1.29, 1.82) is 0 Å². The lowest BCUT2D eigenvalue weighted by Gasteiger charge is -2.01. The van der Waals surface area contributed by atoms with Gasteiger partial charge >= 0.3 is 11.9 Å². The molecule has 0 fully saturated rings. The summed E-state index contributed by atoms with van der Waals surface area (Å²) in [6.07, 6.45) is 2.51. The van der Waals surface area contributed by atoms with Gasteiger partial charge in [-0.2, -0.15) is 0 Å². The van der Waals surface area contributed by atoms with Gasteiger partial charge in [0.2, 0.25) is 0 Å². The van der Waals surface area contributed by atoms with Crippen LogP contribution in [0.2, 0.25) is 0 Å². The summed E-state index contributed by atoms with van der Waals surface area (Å²) in [5.74, 6) is -3.27. The van der Waals surface area contributed by atoms with Crippen LogP contribution in [0.4, 0.5) is 11.4 Å². The number of non-ortho nitro benzene ring substituents is 2.